The minimum atomic E-state index is -3.77. The van der Waals surface area contributed by atoms with Crippen LogP contribution >= 0.6 is 0 Å². The van der Waals surface area contributed by atoms with Gasteiger partial charge in [0.1, 0.15) is 0 Å². The summed E-state index contributed by atoms with van der Waals surface area (Å²) in [4.78, 5) is 21.7. The van der Waals surface area contributed by atoms with Gasteiger partial charge >= 0.3 is 5.97 Å². The molecule has 7 heteroatoms. The van der Waals surface area contributed by atoms with Crippen molar-refractivity contribution in [1.82, 2.24) is 0 Å². The Morgan fingerprint density at radius 1 is 1.26 bits per heavy atom. The van der Waals surface area contributed by atoms with Gasteiger partial charge in [0.15, 0.2) is 15.1 Å². The largest absolute Gasteiger partial charge is 0.480 e. The van der Waals surface area contributed by atoms with Crippen molar-refractivity contribution in [2.45, 2.75) is 24.3 Å². The lowest BCUT2D eigenvalue weighted by Gasteiger charge is -2.11. The van der Waals surface area contributed by atoms with Gasteiger partial charge in [0.25, 0.3) is 0 Å². The molecule has 104 valence electrons. The quantitative estimate of drug-likeness (QED) is 0.792. The Kier molecular flexibility index (Phi) is 4.66. The Labute approximate surface area is 111 Å². The number of rotatable bonds is 6. The minimum Gasteiger partial charge on any atom is -0.480 e. The highest BCUT2D eigenvalue weighted by Crippen LogP contribution is 2.15. The second-order valence-electron chi connectivity index (χ2n) is 4.10. The summed E-state index contributed by atoms with van der Waals surface area (Å²) < 4.78 is 23.8. The maximum atomic E-state index is 11.9. The lowest BCUT2D eigenvalue weighted by atomic mass is 10.1. The van der Waals surface area contributed by atoms with Crippen molar-refractivity contribution < 1.29 is 23.1 Å². The van der Waals surface area contributed by atoms with Crippen LogP contribution in [-0.4, -0.2) is 30.7 Å². The first kappa shape index (κ1) is 15.2. The third-order valence-corrected chi connectivity index (χ3v) is 4.82. The van der Waals surface area contributed by atoms with Gasteiger partial charge in [-0.25, -0.2) is 8.42 Å². The molecule has 0 aliphatic carbocycles. The van der Waals surface area contributed by atoms with E-state index < -0.39 is 27.0 Å². The van der Waals surface area contributed by atoms with Crippen LogP contribution in [0.4, 0.5) is 0 Å². The smallest absolute Gasteiger partial charge is 0.321 e. The van der Waals surface area contributed by atoms with Gasteiger partial charge in [-0.3, -0.25) is 9.59 Å². The van der Waals surface area contributed by atoms with E-state index >= 15 is 0 Å². The standard InChI is InChI=1S/C12H15NO5S/c1-2-10(12(15)16)19(17,18)7-8-3-5-9(6-4-8)11(13)14/h3-6,10H,2,7H2,1H3,(H2,13,14)(H,15,16). The van der Waals surface area contributed by atoms with Gasteiger partial charge in [-0.1, -0.05) is 19.1 Å². The summed E-state index contributed by atoms with van der Waals surface area (Å²) in [7, 11) is -3.77. The van der Waals surface area contributed by atoms with Gasteiger partial charge in [0, 0.05) is 5.56 Å². The normalized spacial score (nSPS) is 12.9. The zero-order valence-electron chi connectivity index (χ0n) is 10.4. The molecule has 1 rings (SSSR count). The van der Waals surface area contributed by atoms with E-state index in [9.17, 15) is 18.0 Å². The highest BCUT2D eigenvalue weighted by atomic mass is 32.2. The Balaban J connectivity index is 2.95. The first-order chi connectivity index (χ1) is 8.77. The molecule has 19 heavy (non-hydrogen) atoms. The summed E-state index contributed by atoms with van der Waals surface area (Å²) in [5.41, 5.74) is 5.76. The number of carbonyl (C=O) groups is 2. The summed E-state index contributed by atoms with van der Waals surface area (Å²) in [5, 5.41) is 7.45. The van der Waals surface area contributed by atoms with Crippen molar-refractivity contribution in [3.63, 3.8) is 0 Å². The fourth-order valence-corrected chi connectivity index (χ4v) is 3.35. The van der Waals surface area contributed by atoms with E-state index in [0.717, 1.165) is 0 Å². The molecule has 0 saturated carbocycles. The molecule has 1 atom stereocenters. The molecule has 1 aromatic rings. The van der Waals surface area contributed by atoms with Crippen LogP contribution in [-0.2, 0) is 20.4 Å². The maximum Gasteiger partial charge on any atom is 0.321 e. The van der Waals surface area contributed by atoms with Gasteiger partial charge in [0.2, 0.25) is 5.91 Å². The van der Waals surface area contributed by atoms with E-state index in [1.807, 2.05) is 0 Å². The second kappa shape index (κ2) is 5.83. The molecule has 0 aliphatic rings. The number of primary amides is 1. The molecule has 1 aromatic carbocycles. The van der Waals surface area contributed by atoms with E-state index in [0.29, 0.717) is 5.56 Å². The van der Waals surface area contributed by atoms with Crippen molar-refractivity contribution >= 4 is 21.7 Å². The van der Waals surface area contributed by atoms with Crippen molar-refractivity contribution in [3.05, 3.63) is 35.4 Å². The van der Waals surface area contributed by atoms with Crippen LogP contribution in [0, 0.1) is 0 Å². The van der Waals surface area contributed by atoms with Crippen LogP contribution in [0.1, 0.15) is 29.3 Å². The van der Waals surface area contributed by atoms with E-state index in [1.54, 1.807) is 0 Å². The molecule has 0 radical (unpaired) electrons. The number of amides is 1. The third kappa shape index (κ3) is 3.78. The Morgan fingerprint density at radius 2 is 1.79 bits per heavy atom. The van der Waals surface area contributed by atoms with Crippen molar-refractivity contribution in [2.24, 2.45) is 5.73 Å². The number of carboxylic acid groups (broad SMARTS) is 1. The fourth-order valence-electron chi connectivity index (χ4n) is 1.68. The molecule has 0 heterocycles. The van der Waals surface area contributed by atoms with Gasteiger partial charge in [-0.05, 0) is 24.1 Å². The highest BCUT2D eigenvalue weighted by molar-refractivity contribution is 7.92. The molecule has 1 amide bonds. The second-order valence-corrected chi connectivity index (χ2v) is 6.29. The van der Waals surface area contributed by atoms with Gasteiger partial charge in [-0.2, -0.15) is 0 Å². The number of nitrogens with two attached hydrogens (primary N) is 1. The van der Waals surface area contributed by atoms with Crippen LogP contribution < -0.4 is 5.73 Å². The molecule has 0 aliphatic heterocycles. The first-order valence-electron chi connectivity index (χ1n) is 5.61. The summed E-state index contributed by atoms with van der Waals surface area (Å²) in [6, 6.07) is 5.72. The average molecular weight is 285 g/mol. The van der Waals surface area contributed by atoms with Crippen molar-refractivity contribution in [1.29, 1.82) is 0 Å². The number of hydrogen-bond donors (Lipinski definition) is 2. The Morgan fingerprint density at radius 3 is 2.16 bits per heavy atom. The number of aliphatic carboxylic acids is 1. The molecule has 1 unspecified atom stereocenters. The summed E-state index contributed by atoms with van der Waals surface area (Å²) >= 11 is 0. The number of hydrogen-bond acceptors (Lipinski definition) is 4. The average Bonchev–Trinajstić information content (AvgIpc) is 2.28. The van der Waals surface area contributed by atoms with Crippen LogP contribution in [0.5, 0.6) is 0 Å². The molecule has 0 bridgehead atoms. The van der Waals surface area contributed by atoms with Crippen molar-refractivity contribution in [2.75, 3.05) is 0 Å². The molecule has 0 fully saturated rings. The lowest BCUT2D eigenvalue weighted by molar-refractivity contribution is -0.136. The predicted molar refractivity (Wildman–Crippen MR) is 69.3 cm³/mol. The SMILES string of the molecule is CCC(C(=O)O)S(=O)(=O)Cc1ccc(C(N)=O)cc1. The van der Waals surface area contributed by atoms with Crippen LogP contribution in [0.2, 0.25) is 0 Å². The van der Waals surface area contributed by atoms with Crippen LogP contribution in [0.15, 0.2) is 24.3 Å². The highest BCUT2D eigenvalue weighted by Gasteiger charge is 2.30. The van der Waals surface area contributed by atoms with Gasteiger partial charge in [0.05, 0.1) is 5.75 Å². The Hall–Kier alpha value is -1.89. The van der Waals surface area contributed by atoms with Gasteiger partial charge < -0.3 is 10.8 Å². The minimum absolute atomic E-state index is 0.0109. The molecule has 0 aromatic heterocycles. The molecule has 3 N–H and O–H groups in total. The van der Waals surface area contributed by atoms with E-state index in [1.165, 1.54) is 31.2 Å². The molecular weight excluding hydrogens is 270 g/mol. The number of carbonyl (C=O) groups excluding carboxylic acids is 1. The van der Waals surface area contributed by atoms with Crippen molar-refractivity contribution in [3.8, 4) is 0 Å². The topological polar surface area (TPSA) is 115 Å². The predicted octanol–water partition coefficient (Wildman–Crippen LogP) is 0.563. The summed E-state index contributed by atoms with van der Waals surface area (Å²) in [6.07, 6.45) is 0.0109. The summed E-state index contributed by atoms with van der Waals surface area (Å²) in [5.74, 6) is -2.33. The van der Waals surface area contributed by atoms with E-state index in [2.05, 4.69) is 0 Å². The number of sulfone groups is 1. The number of benzene rings is 1. The van der Waals surface area contributed by atoms with Crippen LogP contribution in [0.25, 0.3) is 0 Å². The molecular formula is C12H15NO5S. The van der Waals surface area contributed by atoms with Gasteiger partial charge in [-0.15, -0.1) is 0 Å². The summed E-state index contributed by atoms with van der Waals surface area (Å²) in [6.45, 7) is 1.51. The zero-order chi connectivity index (χ0) is 14.6. The van der Waals surface area contributed by atoms with E-state index in [4.69, 9.17) is 10.8 Å². The van der Waals surface area contributed by atoms with E-state index in [-0.39, 0.29) is 17.7 Å². The molecule has 0 saturated heterocycles. The third-order valence-electron chi connectivity index (χ3n) is 2.69. The zero-order valence-corrected chi connectivity index (χ0v) is 11.2. The molecule has 6 nitrogen and oxygen atoms in total. The lowest BCUT2D eigenvalue weighted by Crippen LogP contribution is -2.30. The van der Waals surface area contributed by atoms with Crippen LogP contribution in [0.3, 0.4) is 0 Å². The Bertz CT molecular complexity index is 577. The maximum absolute atomic E-state index is 11.9. The monoisotopic (exact) mass is 285 g/mol. The first-order valence-corrected chi connectivity index (χ1v) is 7.32. The fraction of sp³-hybridized carbons (Fsp3) is 0.333. The number of carboxylic acids is 1. The molecule has 0 spiro atoms.